The van der Waals surface area contributed by atoms with Gasteiger partial charge >= 0.3 is 0 Å². The topological polar surface area (TPSA) is 107 Å². The Morgan fingerprint density at radius 1 is 1.43 bits per heavy atom. The number of nitrogens with one attached hydrogen (secondary N) is 1. The lowest BCUT2D eigenvalue weighted by atomic mass is 9.70. The van der Waals surface area contributed by atoms with Crippen LogP contribution in [-0.2, 0) is 19.8 Å². The third-order valence-electron chi connectivity index (χ3n) is 3.57. The number of aliphatic hydroxyl groups excluding tert-OH is 1. The highest BCUT2D eigenvalue weighted by molar-refractivity contribution is 6.29. The van der Waals surface area contributed by atoms with Crippen LogP contribution in [0.1, 0.15) is 18.1 Å². The number of rotatable bonds is 3. The Labute approximate surface area is 129 Å². The second kappa shape index (κ2) is 5.61. The van der Waals surface area contributed by atoms with E-state index in [0.29, 0.717) is 18.4 Å². The third-order valence-corrected chi connectivity index (χ3v) is 3.57. The van der Waals surface area contributed by atoms with Crippen molar-refractivity contribution in [1.29, 1.82) is 5.26 Å². The number of amides is 1. The van der Waals surface area contributed by atoms with Crippen LogP contribution < -0.4 is 5.32 Å². The maximum Gasteiger partial charge on any atom is 0.259 e. The molecule has 1 aliphatic carbocycles. The van der Waals surface area contributed by atoms with Gasteiger partial charge in [0.05, 0.1) is 12.6 Å². The largest absolute Gasteiger partial charge is 0.506 e. The van der Waals surface area contributed by atoms with Crippen molar-refractivity contribution in [2.24, 2.45) is 0 Å². The quantitative estimate of drug-likeness (QED) is 0.636. The number of aliphatic hydroxyl groups is 1. The fraction of sp³-hybridized carbons (Fsp3) is 0.200. The van der Waals surface area contributed by atoms with E-state index < -0.39 is 46.6 Å². The van der Waals surface area contributed by atoms with Crippen LogP contribution in [-0.4, -0.2) is 29.6 Å². The summed E-state index contributed by atoms with van der Waals surface area (Å²) >= 11 is 0. The molecule has 0 heterocycles. The molecule has 0 bridgehead atoms. The Kier molecular flexibility index (Phi) is 3.97. The number of nitriles is 1. The van der Waals surface area contributed by atoms with E-state index in [9.17, 15) is 33.5 Å². The number of nitrogens with zero attached hydrogens (tertiary/aromatic N) is 1. The Morgan fingerprint density at radius 2 is 2.04 bits per heavy atom. The van der Waals surface area contributed by atoms with Crippen molar-refractivity contribution in [3.05, 3.63) is 40.5 Å². The van der Waals surface area contributed by atoms with E-state index in [1.54, 1.807) is 6.07 Å². The number of aldehydes is 1. The van der Waals surface area contributed by atoms with Crippen LogP contribution in [0.3, 0.4) is 0 Å². The average Bonchev–Trinajstić information content (AvgIpc) is 2.53. The van der Waals surface area contributed by atoms with Gasteiger partial charge in [-0.1, -0.05) is 0 Å². The summed E-state index contributed by atoms with van der Waals surface area (Å²) in [7, 11) is 0. The van der Waals surface area contributed by atoms with Crippen LogP contribution >= 0.6 is 0 Å². The molecule has 1 aromatic carbocycles. The lowest BCUT2D eigenvalue weighted by molar-refractivity contribution is -0.125. The smallest absolute Gasteiger partial charge is 0.259 e. The first-order valence-corrected chi connectivity index (χ1v) is 6.39. The van der Waals surface area contributed by atoms with Crippen molar-refractivity contribution in [2.45, 2.75) is 12.3 Å². The monoisotopic (exact) mass is 320 g/mol. The van der Waals surface area contributed by atoms with Crippen molar-refractivity contribution < 1.29 is 28.3 Å². The molecule has 1 atom stereocenters. The fourth-order valence-electron chi connectivity index (χ4n) is 2.32. The van der Waals surface area contributed by atoms with Crippen molar-refractivity contribution in [1.82, 2.24) is 5.32 Å². The second-order valence-electron chi connectivity index (χ2n) is 4.98. The van der Waals surface area contributed by atoms with Gasteiger partial charge in [0.15, 0.2) is 17.4 Å². The molecule has 0 saturated carbocycles. The van der Waals surface area contributed by atoms with Crippen LogP contribution in [0.5, 0.6) is 0 Å². The normalized spacial score (nSPS) is 19.8. The summed E-state index contributed by atoms with van der Waals surface area (Å²) in [5, 5.41) is 21.5. The third kappa shape index (κ3) is 2.36. The Bertz CT molecular complexity index is 810. The second-order valence-corrected chi connectivity index (χ2v) is 4.98. The molecular formula is C15H10F2N2O4. The number of hydrogen-bond donors (Lipinski definition) is 2. The Morgan fingerprint density at radius 3 is 2.61 bits per heavy atom. The minimum absolute atomic E-state index is 0.242. The summed E-state index contributed by atoms with van der Waals surface area (Å²) in [6.45, 7) is 0.710. The minimum Gasteiger partial charge on any atom is -0.506 e. The molecule has 2 N–H and O–H groups in total. The molecular weight excluding hydrogens is 310 g/mol. The fourth-order valence-corrected chi connectivity index (χ4v) is 2.32. The number of halogens is 2. The molecule has 0 unspecified atom stereocenters. The van der Waals surface area contributed by atoms with E-state index in [4.69, 9.17) is 0 Å². The molecule has 0 radical (unpaired) electrons. The number of carbonyl (C=O) groups is 3. The molecule has 2 rings (SSSR count). The maximum absolute atomic E-state index is 13.5. The van der Waals surface area contributed by atoms with E-state index in [0.717, 1.165) is 6.92 Å². The van der Waals surface area contributed by atoms with Crippen LogP contribution in [0.4, 0.5) is 8.78 Å². The number of Topliss-reactive ketones (excluding diaryl/α,β-unsaturated/α-hetero) is 1. The van der Waals surface area contributed by atoms with Gasteiger partial charge in [-0.15, -0.1) is 0 Å². The summed E-state index contributed by atoms with van der Waals surface area (Å²) in [6.07, 6.45) is 0.356. The first kappa shape index (κ1) is 16.3. The minimum atomic E-state index is -1.98. The number of benzene rings is 1. The van der Waals surface area contributed by atoms with E-state index in [2.05, 4.69) is 5.32 Å². The zero-order chi connectivity index (χ0) is 17.4. The molecule has 8 heteroatoms. The van der Waals surface area contributed by atoms with Gasteiger partial charge in [0.1, 0.15) is 23.0 Å². The molecule has 1 aromatic rings. The Balaban J connectivity index is 2.76. The lowest BCUT2D eigenvalue weighted by Crippen LogP contribution is -2.42. The summed E-state index contributed by atoms with van der Waals surface area (Å²) in [5.41, 5.74) is -3.34. The predicted molar refractivity (Wildman–Crippen MR) is 73.0 cm³/mol. The van der Waals surface area contributed by atoms with Gasteiger partial charge < -0.3 is 15.2 Å². The van der Waals surface area contributed by atoms with E-state index in [1.165, 1.54) is 0 Å². The van der Waals surface area contributed by atoms with Crippen molar-refractivity contribution in [3.8, 4) is 6.07 Å². The average molecular weight is 320 g/mol. The molecule has 1 aliphatic rings. The van der Waals surface area contributed by atoms with Crippen LogP contribution in [0.15, 0.2) is 17.7 Å². The number of hydrogen-bond acceptors (Lipinski definition) is 5. The van der Waals surface area contributed by atoms with Gasteiger partial charge in [-0.05, 0) is 24.6 Å². The highest BCUT2D eigenvalue weighted by atomic mass is 19.2. The number of carbonyl (C=O) groups excluding carboxylic acids is 3. The molecule has 0 spiro atoms. The van der Waals surface area contributed by atoms with Gasteiger partial charge in [0, 0.05) is 5.56 Å². The molecule has 23 heavy (non-hydrogen) atoms. The van der Waals surface area contributed by atoms with E-state index in [-0.39, 0.29) is 11.1 Å². The zero-order valence-corrected chi connectivity index (χ0v) is 11.8. The highest BCUT2D eigenvalue weighted by Crippen LogP contribution is 2.40. The van der Waals surface area contributed by atoms with Gasteiger partial charge in [0.2, 0.25) is 0 Å². The number of fused-ring (bicyclic) bond motifs is 1. The van der Waals surface area contributed by atoms with Crippen molar-refractivity contribution in [2.75, 3.05) is 6.54 Å². The SMILES string of the molecule is C[C@]1(C#N)C(=O)C(C(=O)NCC=O)=C(O)c2cc(F)c(F)cc21. The van der Waals surface area contributed by atoms with Gasteiger partial charge in [-0.25, -0.2) is 8.78 Å². The van der Waals surface area contributed by atoms with Crippen LogP contribution in [0, 0.1) is 23.0 Å². The summed E-state index contributed by atoms with van der Waals surface area (Å²) in [4.78, 5) is 34.7. The van der Waals surface area contributed by atoms with E-state index >= 15 is 0 Å². The summed E-state index contributed by atoms with van der Waals surface area (Å²) in [6, 6.07) is 2.91. The first-order valence-electron chi connectivity index (χ1n) is 6.39. The van der Waals surface area contributed by atoms with Gasteiger partial charge in [-0.2, -0.15) is 5.26 Å². The van der Waals surface area contributed by atoms with Crippen LogP contribution in [0.25, 0.3) is 5.76 Å². The van der Waals surface area contributed by atoms with Gasteiger partial charge in [0.25, 0.3) is 5.91 Å². The summed E-state index contributed by atoms with van der Waals surface area (Å²) in [5.74, 6) is -5.63. The molecule has 118 valence electrons. The number of ketones is 1. The van der Waals surface area contributed by atoms with Crippen molar-refractivity contribution >= 4 is 23.7 Å². The van der Waals surface area contributed by atoms with Crippen LogP contribution in [0.2, 0.25) is 0 Å². The Hall–Kier alpha value is -3.08. The van der Waals surface area contributed by atoms with Gasteiger partial charge in [-0.3, -0.25) is 9.59 Å². The van der Waals surface area contributed by atoms with E-state index in [1.807, 2.05) is 0 Å². The molecule has 0 saturated heterocycles. The first-order chi connectivity index (χ1) is 10.8. The molecule has 0 fully saturated rings. The predicted octanol–water partition coefficient (Wildman–Crippen LogP) is 0.913. The zero-order valence-electron chi connectivity index (χ0n) is 11.8. The lowest BCUT2D eigenvalue weighted by Gasteiger charge is -2.29. The molecule has 6 nitrogen and oxygen atoms in total. The molecule has 0 aromatic heterocycles. The maximum atomic E-state index is 13.5. The van der Waals surface area contributed by atoms with Crippen molar-refractivity contribution in [3.63, 3.8) is 0 Å². The molecule has 1 amide bonds. The standard InChI is InChI=1S/C15H10F2N2O4/c1-15(6-18)8-5-10(17)9(16)4-7(8)12(21)11(13(15)22)14(23)19-2-3-20/h3-5,21H,2H2,1H3,(H,19,23)/t15-/m1/s1. The summed E-state index contributed by atoms with van der Waals surface area (Å²) < 4.78 is 26.9. The molecule has 0 aliphatic heterocycles. The highest BCUT2D eigenvalue weighted by Gasteiger charge is 2.47.